The van der Waals surface area contributed by atoms with Gasteiger partial charge in [0.05, 0.1) is 5.56 Å². The molecule has 0 spiro atoms. The van der Waals surface area contributed by atoms with Gasteiger partial charge in [0.15, 0.2) is 4.77 Å². The minimum absolute atomic E-state index is 0.185. The van der Waals surface area contributed by atoms with Gasteiger partial charge in [-0.3, -0.25) is 9.78 Å². The summed E-state index contributed by atoms with van der Waals surface area (Å²) in [7, 11) is 0. The molecule has 3 N–H and O–H groups in total. The number of aromatic nitrogens is 2. The van der Waals surface area contributed by atoms with Crippen molar-refractivity contribution in [1.29, 1.82) is 0 Å². The van der Waals surface area contributed by atoms with Crippen LogP contribution < -0.4 is 10.9 Å². The molecule has 2 heterocycles. The van der Waals surface area contributed by atoms with Crippen LogP contribution in [0.4, 0.5) is 5.82 Å². The Bertz CT molecular complexity index is 1090. The molecule has 0 aliphatic carbocycles. The van der Waals surface area contributed by atoms with Gasteiger partial charge in [-0.2, -0.15) is 0 Å². The molecule has 0 saturated carbocycles. The average molecular weight is 412 g/mol. The molecule has 2 aromatic carbocycles. The van der Waals surface area contributed by atoms with E-state index in [1.807, 2.05) is 54.6 Å². The smallest absolute Gasteiger partial charge is 0.257 e. The summed E-state index contributed by atoms with van der Waals surface area (Å²) in [4.78, 5) is 18.4. The Kier molecular flexibility index (Phi) is 4.15. The Balaban J connectivity index is 1.97. The van der Waals surface area contributed by atoms with Crippen molar-refractivity contribution in [3.63, 3.8) is 0 Å². The monoisotopic (exact) mass is 411 g/mol. The number of benzene rings is 2. The molecule has 0 amide bonds. The number of hydrogen-bond acceptors (Lipinski definition) is 3. The molecular weight excluding hydrogens is 398 g/mol. The summed E-state index contributed by atoms with van der Waals surface area (Å²) in [6, 6.07) is 17.9. The van der Waals surface area contributed by atoms with Crippen LogP contribution in [0.5, 0.6) is 0 Å². The van der Waals surface area contributed by atoms with Crippen LogP contribution in [-0.4, -0.2) is 9.97 Å². The number of rotatable bonds is 2. The van der Waals surface area contributed by atoms with E-state index < -0.39 is 0 Å². The number of anilines is 1. The van der Waals surface area contributed by atoms with Crippen LogP contribution in [0.2, 0.25) is 0 Å². The lowest BCUT2D eigenvalue weighted by molar-refractivity contribution is 0.926. The summed E-state index contributed by atoms with van der Waals surface area (Å²) in [6.45, 7) is 0. The standard InChI is InChI=1S/C19H14BrN3OS/c20-14-9-5-4-8-12(14)13-10-15(11-6-2-1-3-7-11)21-17-16(13)18(24)23-19(25)22-17/h1-10,13H,(H3,21,22,23,24,25). The van der Waals surface area contributed by atoms with Crippen molar-refractivity contribution < 1.29 is 0 Å². The quantitative estimate of drug-likeness (QED) is 0.531. The first-order chi connectivity index (χ1) is 12.1. The first-order valence-corrected chi connectivity index (χ1v) is 8.99. The van der Waals surface area contributed by atoms with Crippen molar-refractivity contribution in [3.8, 4) is 0 Å². The van der Waals surface area contributed by atoms with Gasteiger partial charge >= 0.3 is 0 Å². The highest BCUT2D eigenvalue weighted by Crippen LogP contribution is 2.38. The number of fused-ring (bicyclic) bond motifs is 1. The van der Waals surface area contributed by atoms with Gasteiger partial charge in [-0.25, -0.2) is 0 Å². The van der Waals surface area contributed by atoms with E-state index in [0.29, 0.717) is 16.2 Å². The van der Waals surface area contributed by atoms with Crippen LogP contribution in [0.15, 0.2) is 69.9 Å². The molecule has 1 aromatic heterocycles. The summed E-state index contributed by atoms with van der Waals surface area (Å²) in [5, 5.41) is 3.32. The second-order valence-electron chi connectivity index (χ2n) is 5.77. The molecule has 4 rings (SSSR count). The van der Waals surface area contributed by atoms with Gasteiger partial charge in [-0.05, 0) is 35.5 Å². The molecule has 0 saturated heterocycles. The summed E-state index contributed by atoms with van der Waals surface area (Å²) in [6.07, 6.45) is 2.07. The zero-order chi connectivity index (χ0) is 17.4. The zero-order valence-corrected chi connectivity index (χ0v) is 15.4. The van der Waals surface area contributed by atoms with E-state index >= 15 is 0 Å². The Hall–Kier alpha value is -2.44. The van der Waals surface area contributed by atoms with E-state index in [0.717, 1.165) is 21.3 Å². The highest BCUT2D eigenvalue weighted by Gasteiger charge is 2.27. The van der Waals surface area contributed by atoms with Gasteiger partial charge in [0.2, 0.25) is 0 Å². The molecular formula is C19H14BrN3OS. The van der Waals surface area contributed by atoms with Crippen molar-refractivity contribution in [3.05, 3.63) is 97.0 Å². The number of hydrogen-bond donors (Lipinski definition) is 3. The summed E-state index contributed by atoms with van der Waals surface area (Å²) < 4.78 is 1.26. The summed E-state index contributed by atoms with van der Waals surface area (Å²) in [5.74, 6) is 0.438. The average Bonchev–Trinajstić information content (AvgIpc) is 2.61. The van der Waals surface area contributed by atoms with E-state index in [1.54, 1.807) is 0 Å². The van der Waals surface area contributed by atoms with Crippen molar-refractivity contribution in [2.75, 3.05) is 5.32 Å². The van der Waals surface area contributed by atoms with Crippen molar-refractivity contribution in [2.45, 2.75) is 5.92 Å². The molecule has 3 aromatic rings. The van der Waals surface area contributed by atoms with Gasteiger partial charge in [0.1, 0.15) is 5.82 Å². The number of halogens is 1. The first kappa shape index (κ1) is 16.1. The van der Waals surface area contributed by atoms with Crippen LogP contribution in [0, 0.1) is 4.77 Å². The Labute approximate surface area is 157 Å². The molecule has 4 nitrogen and oxygen atoms in total. The van der Waals surface area contributed by atoms with E-state index in [-0.39, 0.29) is 11.5 Å². The van der Waals surface area contributed by atoms with Gasteiger partial charge in [0.25, 0.3) is 5.56 Å². The van der Waals surface area contributed by atoms with E-state index in [1.165, 1.54) is 0 Å². The van der Waals surface area contributed by atoms with Crippen LogP contribution in [0.25, 0.3) is 5.70 Å². The largest absolute Gasteiger partial charge is 0.341 e. The molecule has 0 radical (unpaired) electrons. The first-order valence-electron chi connectivity index (χ1n) is 7.78. The molecule has 0 bridgehead atoms. The highest BCUT2D eigenvalue weighted by atomic mass is 79.9. The lowest BCUT2D eigenvalue weighted by Crippen LogP contribution is -2.24. The van der Waals surface area contributed by atoms with Crippen LogP contribution in [0.1, 0.15) is 22.6 Å². The molecule has 1 unspecified atom stereocenters. The van der Waals surface area contributed by atoms with Crippen molar-refractivity contribution in [1.82, 2.24) is 9.97 Å². The molecule has 6 heteroatoms. The maximum Gasteiger partial charge on any atom is 0.257 e. The number of allylic oxidation sites excluding steroid dienone is 1. The van der Waals surface area contributed by atoms with Crippen molar-refractivity contribution in [2.24, 2.45) is 0 Å². The molecule has 1 aliphatic rings. The third-order valence-electron chi connectivity index (χ3n) is 4.21. The van der Waals surface area contributed by atoms with Crippen molar-refractivity contribution >= 4 is 39.7 Å². The molecule has 124 valence electrons. The Morgan fingerprint density at radius 1 is 0.960 bits per heavy atom. The fourth-order valence-electron chi connectivity index (χ4n) is 3.08. The van der Waals surface area contributed by atoms with E-state index in [9.17, 15) is 4.79 Å². The fraction of sp³-hybridized carbons (Fsp3) is 0.0526. The van der Waals surface area contributed by atoms with Crippen LogP contribution in [-0.2, 0) is 0 Å². The lowest BCUT2D eigenvalue weighted by atomic mass is 9.88. The molecule has 1 atom stereocenters. The van der Waals surface area contributed by atoms with Crippen LogP contribution >= 0.6 is 28.1 Å². The Morgan fingerprint density at radius 2 is 1.68 bits per heavy atom. The third kappa shape index (κ3) is 2.99. The van der Waals surface area contributed by atoms with Gasteiger partial charge in [0, 0.05) is 16.1 Å². The minimum atomic E-state index is -0.197. The fourth-order valence-corrected chi connectivity index (χ4v) is 3.80. The second kappa shape index (κ2) is 6.46. The van der Waals surface area contributed by atoms with Gasteiger partial charge < -0.3 is 10.3 Å². The lowest BCUT2D eigenvalue weighted by Gasteiger charge is -2.26. The SMILES string of the molecule is O=c1[nH]c(=S)[nH]c2c1C(c1ccccc1Br)C=C(c1ccccc1)N2. The number of H-pyrrole nitrogens is 2. The molecule has 1 aliphatic heterocycles. The topological polar surface area (TPSA) is 60.7 Å². The minimum Gasteiger partial charge on any atom is -0.341 e. The van der Waals surface area contributed by atoms with E-state index in [2.05, 4.69) is 37.3 Å². The number of nitrogens with one attached hydrogen (secondary N) is 3. The predicted molar refractivity (Wildman–Crippen MR) is 106 cm³/mol. The predicted octanol–water partition coefficient (Wildman–Crippen LogP) is 4.79. The third-order valence-corrected chi connectivity index (χ3v) is 5.13. The summed E-state index contributed by atoms with van der Waals surface area (Å²) >= 11 is 8.75. The second-order valence-corrected chi connectivity index (χ2v) is 7.03. The number of aromatic amines is 2. The Morgan fingerprint density at radius 3 is 2.44 bits per heavy atom. The van der Waals surface area contributed by atoms with Gasteiger partial charge in [-0.15, -0.1) is 0 Å². The highest BCUT2D eigenvalue weighted by molar-refractivity contribution is 9.10. The van der Waals surface area contributed by atoms with E-state index in [4.69, 9.17) is 12.2 Å². The molecule has 0 fully saturated rings. The molecule has 25 heavy (non-hydrogen) atoms. The summed E-state index contributed by atoms with van der Waals surface area (Å²) in [5.41, 5.74) is 3.44. The zero-order valence-electron chi connectivity index (χ0n) is 13.0. The normalized spacial score (nSPS) is 15.9. The maximum atomic E-state index is 12.6. The van der Waals surface area contributed by atoms with Gasteiger partial charge in [-0.1, -0.05) is 64.5 Å². The van der Waals surface area contributed by atoms with Crippen LogP contribution in [0.3, 0.4) is 0 Å². The maximum absolute atomic E-state index is 12.6.